The molecule has 0 aromatic carbocycles. The second-order valence-corrected chi connectivity index (χ2v) is 1.75. The second-order valence-electron chi connectivity index (χ2n) is 1.09. The summed E-state index contributed by atoms with van der Waals surface area (Å²) in [5.41, 5.74) is 0. The van der Waals surface area contributed by atoms with Gasteiger partial charge in [0.05, 0.1) is 0 Å². The van der Waals surface area contributed by atoms with Crippen molar-refractivity contribution in [2.75, 3.05) is 0 Å². The van der Waals surface area contributed by atoms with Gasteiger partial charge >= 0.3 is 6.11 Å². The molecular formula is C5H8BCl5Ti-. The van der Waals surface area contributed by atoms with Crippen LogP contribution in [0.5, 0.6) is 0 Å². The Morgan fingerprint density at radius 1 is 1.17 bits per heavy atom. The van der Waals surface area contributed by atoms with Crippen LogP contribution in [0, 0.1) is 6.08 Å². The van der Waals surface area contributed by atoms with Gasteiger partial charge in [0.25, 0.3) is 0 Å². The molecule has 7 heteroatoms. The molecule has 1 aliphatic carbocycles. The SMILES string of the molecule is Cl.Cl.Cl.Cl[B]Cl.[C-]1=CC=CC1.[Ti]. The number of rotatable bonds is 0. The van der Waals surface area contributed by atoms with Crippen molar-refractivity contribution in [3.05, 3.63) is 24.3 Å². The zero-order valence-electron chi connectivity index (χ0n) is 6.00. The Morgan fingerprint density at radius 2 is 1.58 bits per heavy atom. The average molecular weight is 304 g/mol. The van der Waals surface area contributed by atoms with Crippen molar-refractivity contribution < 1.29 is 21.7 Å². The summed E-state index contributed by atoms with van der Waals surface area (Å²) in [5.74, 6) is 0. The minimum Gasteiger partial charge on any atom is -0.273 e. The molecule has 1 rings (SSSR count). The zero-order valence-corrected chi connectivity index (χ0v) is 11.5. The molecule has 0 aromatic heterocycles. The molecule has 0 aliphatic heterocycles. The average Bonchev–Trinajstić information content (AvgIpc) is 2.17. The van der Waals surface area contributed by atoms with E-state index in [0.717, 1.165) is 12.5 Å². The first-order chi connectivity index (χ1) is 3.91. The number of halogens is 5. The molecule has 0 unspecified atom stereocenters. The monoisotopic (exact) mass is 302 g/mol. The van der Waals surface area contributed by atoms with E-state index in [0.29, 0.717) is 0 Å². The molecule has 0 heterocycles. The van der Waals surface area contributed by atoms with Gasteiger partial charge in [0.15, 0.2) is 0 Å². The molecule has 12 heavy (non-hydrogen) atoms. The Hall–Kier alpha value is 1.71. The van der Waals surface area contributed by atoms with E-state index in [9.17, 15) is 0 Å². The molecule has 0 bridgehead atoms. The van der Waals surface area contributed by atoms with E-state index in [1.165, 1.54) is 0 Å². The second kappa shape index (κ2) is 29.3. The molecule has 0 saturated carbocycles. The fraction of sp³-hybridized carbons (Fsp3) is 0.200. The third-order valence-corrected chi connectivity index (χ3v) is 0.586. The van der Waals surface area contributed by atoms with Gasteiger partial charge in [-0.1, -0.05) is 0 Å². The van der Waals surface area contributed by atoms with Gasteiger partial charge in [-0.2, -0.15) is 29.0 Å². The quantitative estimate of drug-likeness (QED) is 0.474. The van der Waals surface area contributed by atoms with Crippen molar-refractivity contribution in [3.8, 4) is 0 Å². The predicted molar refractivity (Wildman–Crippen MR) is 60.8 cm³/mol. The number of hydrogen-bond donors (Lipinski definition) is 0. The van der Waals surface area contributed by atoms with Crippen molar-refractivity contribution >= 4 is 66.3 Å². The molecular weight excluding hydrogens is 296 g/mol. The molecule has 0 aromatic rings. The zero-order chi connectivity index (χ0) is 6.24. The van der Waals surface area contributed by atoms with Gasteiger partial charge in [-0.3, -0.25) is 6.08 Å². The molecule has 0 spiro atoms. The Kier molecular flexibility index (Phi) is 71.3. The molecule has 0 N–H and O–H groups in total. The summed E-state index contributed by atoms with van der Waals surface area (Å²) >= 11 is 9.28. The van der Waals surface area contributed by atoms with Crippen molar-refractivity contribution in [3.63, 3.8) is 0 Å². The van der Waals surface area contributed by atoms with Crippen molar-refractivity contribution in [2.24, 2.45) is 0 Å². The fourth-order valence-corrected chi connectivity index (χ4v) is 0.340. The van der Waals surface area contributed by atoms with Crippen LogP contribution in [-0.4, -0.2) is 6.11 Å². The first-order valence-corrected chi connectivity index (χ1v) is 3.03. The van der Waals surface area contributed by atoms with E-state index in [1.54, 1.807) is 0 Å². The maximum atomic E-state index is 4.64. The maximum Gasteiger partial charge on any atom is 0.357 e. The molecule has 0 saturated heterocycles. The predicted octanol–water partition coefficient (Wildman–Crippen LogP) is 3.57. The van der Waals surface area contributed by atoms with Crippen LogP contribution in [0.25, 0.3) is 0 Å². The summed E-state index contributed by atoms with van der Waals surface area (Å²) in [6.07, 6.45) is 10.9. The van der Waals surface area contributed by atoms with Crippen LogP contribution in [0.3, 0.4) is 0 Å². The summed E-state index contributed by atoms with van der Waals surface area (Å²) in [6.45, 7) is 0. The number of allylic oxidation sites excluding steroid dienone is 4. The Bertz CT molecular complexity index is 87.8. The van der Waals surface area contributed by atoms with Crippen molar-refractivity contribution in [2.45, 2.75) is 6.42 Å². The summed E-state index contributed by atoms with van der Waals surface area (Å²) in [6, 6.07) is 0. The van der Waals surface area contributed by atoms with E-state index >= 15 is 0 Å². The van der Waals surface area contributed by atoms with Gasteiger partial charge in [-0.15, -0.1) is 43.6 Å². The van der Waals surface area contributed by atoms with E-state index in [1.807, 2.05) is 12.2 Å². The van der Waals surface area contributed by atoms with Gasteiger partial charge < -0.3 is 0 Å². The molecule has 0 atom stereocenters. The third kappa shape index (κ3) is 29.8. The van der Waals surface area contributed by atoms with Crippen LogP contribution in [0.4, 0.5) is 0 Å². The summed E-state index contributed by atoms with van der Waals surface area (Å²) in [5, 5.41) is 0. The minimum absolute atomic E-state index is 0. The van der Waals surface area contributed by atoms with Crippen LogP contribution < -0.4 is 0 Å². The Balaban J connectivity index is -0.0000000219. The molecule has 1 aliphatic rings. The fourth-order valence-electron chi connectivity index (χ4n) is 0.340. The topological polar surface area (TPSA) is 0 Å². The van der Waals surface area contributed by atoms with E-state index < -0.39 is 0 Å². The van der Waals surface area contributed by atoms with Crippen LogP contribution in [0.2, 0.25) is 0 Å². The van der Waals surface area contributed by atoms with Crippen molar-refractivity contribution in [1.82, 2.24) is 0 Å². The minimum atomic E-state index is 0. The molecule has 71 valence electrons. The summed E-state index contributed by atoms with van der Waals surface area (Å²) in [7, 11) is 0. The largest absolute Gasteiger partial charge is 0.357 e. The van der Waals surface area contributed by atoms with Crippen LogP contribution in [0.15, 0.2) is 18.2 Å². The summed E-state index contributed by atoms with van der Waals surface area (Å²) < 4.78 is 0. The van der Waals surface area contributed by atoms with Crippen molar-refractivity contribution in [1.29, 1.82) is 0 Å². The van der Waals surface area contributed by atoms with Crippen LogP contribution in [0.1, 0.15) is 6.42 Å². The molecule has 1 radical (unpaired) electrons. The maximum absolute atomic E-state index is 4.64. The summed E-state index contributed by atoms with van der Waals surface area (Å²) in [4.78, 5) is 0. The van der Waals surface area contributed by atoms with Gasteiger partial charge in [-0.05, 0) is 0 Å². The van der Waals surface area contributed by atoms with Gasteiger partial charge in [0.2, 0.25) is 0 Å². The Labute approximate surface area is 118 Å². The molecule has 0 fully saturated rings. The molecule has 0 nitrogen and oxygen atoms in total. The first-order valence-electron chi connectivity index (χ1n) is 2.15. The van der Waals surface area contributed by atoms with Gasteiger partial charge in [-0.25, -0.2) is 12.2 Å². The van der Waals surface area contributed by atoms with Gasteiger partial charge in [0.1, 0.15) is 0 Å². The van der Waals surface area contributed by atoms with Crippen LogP contribution >= 0.6 is 60.1 Å². The smallest absolute Gasteiger partial charge is 0.273 e. The number of hydrogen-bond acceptors (Lipinski definition) is 0. The van der Waals surface area contributed by atoms with E-state index in [2.05, 4.69) is 35.1 Å². The third-order valence-electron chi connectivity index (χ3n) is 0.586. The molecule has 0 amide bonds. The first kappa shape index (κ1) is 29.2. The van der Waals surface area contributed by atoms with Crippen LogP contribution in [-0.2, 0) is 21.7 Å². The van der Waals surface area contributed by atoms with E-state index in [4.69, 9.17) is 0 Å². The standard InChI is InChI=1S/C5H5.BCl2.3ClH.Ti/c1-2-4-5-3-1;2-1-3;;;;/h1-3H,4H2;;3*1H;/q-1;;;;;. The normalized spacial score (nSPS) is 8.50. The van der Waals surface area contributed by atoms with E-state index in [-0.39, 0.29) is 58.9 Å². The van der Waals surface area contributed by atoms with Gasteiger partial charge in [0, 0.05) is 21.7 Å². The Morgan fingerprint density at radius 3 is 1.67 bits per heavy atom.